The summed E-state index contributed by atoms with van der Waals surface area (Å²) in [7, 11) is 1.86. The number of nitrogens with one attached hydrogen (secondary N) is 1. The topological polar surface area (TPSA) is 42.2 Å². The molecule has 68 valence electrons. The van der Waals surface area contributed by atoms with Crippen LogP contribution in [-0.4, -0.2) is 21.6 Å². The van der Waals surface area contributed by atoms with Crippen molar-refractivity contribution in [2.24, 2.45) is 0 Å². The van der Waals surface area contributed by atoms with Gasteiger partial charge in [0.15, 0.2) is 5.65 Å². The highest BCUT2D eigenvalue weighted by Gasteiger charge is 2.03. The highest BCUT2D eigenvalue weighted by molar-refractivity contribution is 5.48. The van der Waals surface area contributed by atoms with E-state index in [4.69, 9.17) is 0 Å². The van der Waals surface area contributed by atoms with Gasteiger partial charge in [-0.1, -0.05) is 0 Å². The molecule has 4 heteroatoms. The predicted octanol–water partition coefficient (Wildman–Crippen LogP) is 1.39. The molecule has 2 aromatic rings. The highest BCUT2D eigenvalue weighted by Crippen LogP contribution is 2.11. The largest absolute Gasteiger partial charge is 0.373 e. The van der Waals surface area contributed by atoms with Crippen LogP contribution in [-0.2, 0) is 0 Å². The highest BCUT2D eigenvalue weighted by atomic mass is 15.3. The number of aryl methyl sites for hydroxylation is 2. The molecule has 2 aromatic heterocycles. The van der Waals surface area contributed by atoms with Crippen LogP contribution in [0.5, 0.6) is 0 Å². The summed E-state index contributed by atoms with van der Waals surface area (Å²) in [6.45, 7) is 3.98. The summed E-state index contributed by atoms with van der Waals surface area (Å²) in [5, 5.41) is 7.33. The van der Waals surface area contributed by atoms with E-state index < -0.39 is 0 Å². The lowest BCUT2D eigenvalue weighted by molar-refractivity contribution is 0.878. The van der Waals surface area contributed by atoms with Gasteiger partial charge in [0.05, 0.1) is 5.69 Å². The molecule has 0 aliphatic rings. The van der Waals surface area contributed by atoms with Crippen LogP contribution in [0.1, 0.15) is 11.4 Å². The third-order valence-electron chi connectivity index (χ3n) is 1.98. The number of rotatable bonds is 1. The number of fused-ring (bicyclic) bond motifs is 1. The van der Waals surface area contributed by atoms with Crippen molar-refractivity contribution in [3.05, 3.63) is 23.5 Å². The smallest absolute Gasteiger partial charge is 0.157 e. The number of anilines is 1. The number of hydrogen-bond donors (Lipinski definition) is 1. The van der Waals surface area contributed by atoms with Crippen LogP contribution in [0.3, 0.4) is 0 Å². The monoisotopic (exact) mass is 176 g/mol. The molecule has 0 aliphatic heterocycles. The van der Waals surface area contributed by atoms with Crippen molar-refractivity contribution in [3.8, 4) is 0 Å². The van der Waals surface area contributed by atoms with Crippen LogP contribution in [0.15, 0.2) is 12.1 Å². The van der Waals surface area contributed by atoms with E-state index in [9.17, 15) is 0 Å². The second-order valence-corrected chi connectivity index (χ2v) is 3.09. The van der Waals surface area contributed by atoms with Gasteiger partial charge in [0.25, 0.3) is 0 Å². The molecule has 2 heterocycles. The molecule has 0 atom stereocenters. The SMILES string of the molecule is CNc1cc(C)n2nc(C)cc2n1. The van der Waals surface area contributed by atoms with Crippen molar-refractivity contribution in [2.45, 2.75) is 13.8 Å². The molecular formula is C9H12N4. The minimum Gasteiger partial charge on any atom is -0.373 e. The molecular weight excluding hydrogens is 164 g/mol. The summed E-state index contributed by atoms with van der Waals surface area (Å²) >= 11 is 0. The summed E-state index contributed by atoms with van der Waals surface area (Å²) in [6, 6.07) is 3.94. The van der Waals surface area contributed by atoms with Gasteiger partial charge >= 0.3 is 0 Å². The van der Waals surface area contributed by atoms with Crippen molar-refractivity contribution in [2.75, 3.05) is 12.4 Å². The Morgan fingerprint density at radius 1 is 1.31 bits per heavy atom. The van der Waals surface area contributed by atoms with E-state index in [1.54, 1.807) is 0 Å². The third-order valence-corrected chi connectivity index (χ3v) is 1.98. The van der Waals surface area contributed by atoms with Gasteiger partial charge < -0.3 is 5.32 Å². The molecule has 13 heavy (non-hydrogen) atoms. The molecule has 0 saturated heterocycles. The van der Waals surface area contributed by atoms with Crippen molar-refractivity contribution in [1.29, 1.82) is 0 Å². The molecule has 4 nitrogen and oxygen atoms in total. The predicted molar refractivity (Wildman–Crippen MR) is 52.0 cm³/mol. The Labute approximate surface area is 76.6 Å². The zero-order valence-electron chi connectivity index (χ0n) is 8.00. The first-order valence-electron chi connectivity index (χ1n) is 4.22. The summed E-state index contributed by atoms with van der Waals surface area (Å²) < 4.78 is 1.84. The van der Waals surface area contributed by atoms with Crippen LogP contribution in [0.25, 0.3) is 5.65 Å². The number of nitrogens with zero attached hydrogens (tertiary/aromatic N) is 3. The maximum absolute atomic E-state index is 4.36. The van der Waals surface area contributed by atoms with Crippen molar-refractivity contribution >= 4 is 11.5 Å². The molecule has 0 radical (unpaired) electrons. The van der Waals surface area contributed by atoms with Crippen LogP contribution >= 0.6 is 0 Å². The summed E-state index contributed by atoms with van der Waals surface area (Å²) in [4.78, 5) is 4.36. The fourth-order valence-corrected chi connectivity index (χ4v) is 1.37. The lowest BCUT2D eigenvalue weighted by Gasteiger charge is -2.02. The van der Waals surface area contributed by atoms with Gasteiger partial charge in [-0.2, -0.15) is 5.10 Å². The summed E-state index contributed by atoms with van der Waals surface area (Å²) in [5.41, 5.74) is 2.97. The molecule has 2 rings (SSSR count). The first kappa shape index (κ1) is 8.04. The molecule has 0 fully saturated rings. The van der Waals surface area contributed by atoms with E-state index in [0.717, 1.165) is 22.9 Å². The normalized spacial score (nSPS) is 10.7. The first-order chi connectivity index (χ1) is 6.20. The number of hydrogen-bond acceptors (Lipinski definition) is 3. The second kappa shape index (κ2) is 2.73. The Balaban J connectivity index is 2.75. The van der Waals surface area contributed by atoms with Gasteiger partial charge in [0.2, 0.25) is 0 Å². The molecule has 1 N–H and O–H groups in total. The number of aromatic nitrogens is 3. The Kier molecular flexibility index (Phi) is 1.69. The van der Waals surface area contributed by atoms with E-state index in [2.05, 4.69) is 15.4 Å². The Hall–Kier alpha value is -1.58. The molecule has 0 saturated carbocycles. The molecule has 0 unspecified atom stereocenters. The van der Waals surface area contributed by atoms with Gasteiger partial charge in [-0.05, 0) is 13.8 Å². The zero-order chi connectivity index (χ0) is 9.42. The Morgan fingerprint density at radius 3 is 2.77 bits per heavy atom. The van der Waals surface area contributed by atoms with E-state index in [1.165, 1.54) is 0 Å². The third kappa shape index (κ3) is 1.24. The van der Waals surface area contributed by atoms with Gasteiger partial charge in [0.1, 0.15) is 5.82 Å². The molecule has 0 spiro atoms. The molecule has 0 amide bonds. The maximum atomic E-state index is 4.36. The zero-order valence-corrected chi connectivity index (χ0v) is 8.00. The molecule has 0 aromatic carbocycles. The lowest BCUT2D eigenvalue weighted by atomic mass is 10.4. The van der Waals surface area contributed by atoms with Gasteiger partial charge in [0, 0.05) is 24.9 Å². The summed E-state index contributed by atoms with van der Waals surface area (Å²) in [6.07, 6.45) is 0. The summed E-state index contributed by atoms with van der Waals surface area (Å²) in [5.74, 6) is 0.880. The van der Waals surface area contributed by atoms with Crippen molar-refractivity contribution in [1.82, 2.24) is 14.6 Å². The quantitative estimate of drug-likeness (QED) is 0.714. The fraction of sp³-hybridized carbons (Fsp3) is 0.333. The van der Waals surface area contributed by atoms with Crippen LogP contribution < -0.4 is 5.32 Å². The van der Waals surface area contributed by atoms with Crippen LogP contribution in [0.2, 0.25) is 0 Å². The van der Waals surface area contributed by atoms with Crippen LogP contribution in [0.4, 0.5) is 5.82 Å². The standard InChI is InChI=1S/C9H12N4/c1-6-4-9-11-8(10-3)5-7(2)13(9)12-6/h4-5H,1-3H3,(H,10,11). The molecule has 0 bridgehead atoms. The van der Waals surface area contributed by atoms with Gasteiger partial charge in [-0.3, -0.25) is 0 Å². The Bertz CT molecular complexity index is 444. The van der Waals surface area contributed by atoms with Gasteiger partial charge in [-0.25, -0.2) is 9.50 Å². The Morgan fingerprint density at radius 2 is 2.08 bits per heavy atom. The lowest BCUT2D eigenvalue weighted by Crippen LogP contribution is -1.99. The maximum Gasteiger partial charge on any atom is 0.157 e. The van der Waals surface area contributed by atoms with E-state index in [1.807, 2.05) is 37.5 Å². The van der Waals surface area contributed by atoms with Crippen molar-refractivity contribution in [3.63, 3.8) is 0 Å². The van der Waals surface area contributed by atoms with Crippen LogP contribution in [0, 0.1) is 13.8 Å². The minimum absolute atomic E-state index is 0.880. The van der Waals surface area contributed by atoms with E-state index in [0.29, 0.717) is 0 Å². The van der Waals surface area contributed by atoms with E-state index >= 15 is 0 Å². The first-order valence-corrected chi connectivity index (χ1v) is 4.22. The average Bonchev–Trinajstić information content (AvgIpc) is 2.46. The fourth-order valence-electron chi connectivity index (χ4n) is 1.37. The minimum atomic E-state index is 0.880. The van der Waals surface area contributed by atoms with E-state index in [-0.39, 0.29) is 0 Å². The average molecular weight is 176 g/mol. The van der Waals surface area contributed by atoms with Crippen molar-refractivity contribution < 1.29 is 0 Å². The van der Waals surface area contributed by atoms with Gasteiger partial charge in [-0.15, -0.1) is 0 Å². The second-order valence-electron chi connectivity index (χ2n) is 3.09. The molecule has 0 aliphatic carbocycles.